The lowest BCUT2D eigenvalue weighted by atomic mass is 10.0. The second-order valence-electron chi connectivity index (χ2n) is 3.81. The third kappa shape index (κ3) is 2.22. The molecule has 94 valence electrons. The molecule has 0 atom stereocenters. The van der Waals surface area contributed by atoms with E-state index in [-0.39, 0.29) is 5.82 Å². The molecule has 0 aliphatic carbocycles. The number of halogens is 1. The van der Waals surface area contributed by atoms with Gasteiger partial charge in [0.05, 0.1) is 14.2 Å². The highest BCUT2D eigenvalue weighted by atomic mass is 19.1. The number of benzene rings is 2. The fraction of sp³-hybridized carbons (Fsp3) is 0.143. The van der Waals surface area contributed by atoms with Crippen molar-refractivity contribution >= 4 is 5.69 Å². The standard InChI is InChI=1S/C14H14FNO2/c1-17-10-4-6-14(18-2)12(8-10)11-7-9(16)3-5-13(11)15/h3-8H,16H2,1-2H3. The third-order valence-corrected chi connectivity index (χ3v) is 2.69. The zero-order valence-electron chi connectivity index (χ0n) is 10.2. The van der Waals surface area contributed by atoms with Gasteiger partial charge in [-0.05, 0) is 36.4 Å². The van der Waals surface area contributed by atoms with Gasteiger partial charge in [0, 0.05) is 16.8 Å². The lowest BCUT2D eigenvalue weighted by Gasteiger charge is -2.11. The molecule has 4 heteroatoms. The monoisotopic (exact) mass is 247 g/mol. The van der Waals surface area contributed by atoms with Crippen LogP contribution in [0, 0.1) is 5.82 Å². The van der Waals surface area contributed by atoms with Crippen LogP contribution in [0.4, 0.5) is 10.1 Å². The first-order valence-corrected chi connectivity index (χ1v) is 5.43. The van der Waals surface area contributed by atoms with E-state index < -0.39 is 0 Å². The van der Waals surface area contributed by atoms with E-state index in [0.29, 0.717) is 28.3 Å². The molecule has 0 spiro atoms. The Morgan fingerprint density at radius 1 is 0.944 bits per heavy atom. The molecule has 0 aromatic heterocycles. The third-order valence-electron chi connectivity index (χ3n) is 2.69. The number of nitrogen functional groups attached to an aromatic ring is 1. The fourth-order valence-electron chi connectivity index (χ4n) is 1.77. The van der Waals surface area contributed by atoms with Gasteiger partial charge < -0.3 is 15.2 Å². The lowest BCUT2D eigenvalue weighted by molar-refractivity contribution is 0.404. The second-order valence-corrected chi connectivity index (χ2v) is 3.81. The maximum Gasteiger partial charge on any atom is 0.131 e. The van der Waals surface area contributed by atoms with Crippen molar-refractivity contribution in [3.05, 3.63) is 42.2 Å². The normalized spacial score (nSPS) is 10.2. The first kappa shape index (κ1) is 12.2. The maximum absolute atomic E-state index is 13.9. The fourth-order valence-corrected chi connectivity index (χ4v) is 1.77. The summed E-state index contributed by atoms with van der Waals surface area (Å²) in [4.78, 5) is 0. The highest BCUT2D eigenvalue weighted by Crippen LogP contribution is 2.35. The second kappa shape index (κ2) is 4.96. The first-order valence-electron chi connectivity index (χ1n) is 5.43. The van der Waals surface area contributed by atoms with Crippen molar-refractivity contribution < 1.29 is 13.9 Å². The first-order chi connectivity index (χ1) is 8.65. The maximum atomic E-state index is 13.9. The van der Waals surface area contributed by atoms with Gasteiger partial charge in [-0.2, -0.15) is 0 Å². The smallest absolute Gasteiger partial charge is 0.131 e. The van der Waals surface area contributed by atoms with E-state index in [1.807, 2.05) is 0 Å². The Morgan fingerprint density at radius 3 is 2.39 bits per heavy atom. The van der Waals surface area contributed by atoms with E-state index in [0.717, 1.165) is 0 Å². The Morgan fingerprint density at radius 2 is 1.72 bits per heavy atom. The van der Waals surface area contributed by atoms with Gasteiger partial charge >= 0.3 is 0 Å². The van der Waals surface area contributed by atoms with Crippen molar-refractivity contribution in [1.82, 2.24) is 0 Å². The minimum atomic E-state index is -0.351. The van der Waals surface area contributed by atoms with Crippen molar-refractivity contribution in [1.29, 1.82) is 0 Å². The molecule has 3 nitrogen and oxygen atoms in total. The zero-order chi connectivity index (χ0) is 13.1. The quantitative estimate of drug-likeness (QED) is 0.848. The van der Waals surface area contributed by atoms with Crippen molar-refractivity contribution in [2.24, 2.45) is 0 Å². The molecule has 0 heterocycles. The van der Waals surface area contributed by atoms with Crippen LogP contribution in [0.5, 0.6) is 11.5 Å². The highest BCUT2D eigenvalue weighted by Gasteiger charge is 2.12. The number of hydrogen-bond donors (Lipinski definition) is 1. The van der Waals surface area contributed by atoms with Crippen LogP contribution in [0.3, 0.4) is 0 Å². The van der Waals surface area contributed by atoms with E-state index in [4.69, 9.17) is 15.2 Å². The predicted octanol–water partition coefficient (Wildman–Crippen LogP) is 3.09. The van der Waals surface area contributed by atoms with Crippen molar-refractivity contribution in [2.75, 3.05) is 20.0 Å². The minimum absolute atomic E-state index is 0.351. The Hall–Kier alpha value is -2.23. The summed E-state index contributed by atoms with van der Waals surface area (Å²) in [5.41, 5.74) is 7.19. The van der Waals surface area contributed by atoms with Gasteiger partial charge in [-0.15, -0.1) is 0 Å². The molecule has 0 aliphatic rings. The van der Waals surface area contributed by atoms with E-state index in [1.165, 1.54) is 19.2 Å². The number of hydrogen-bond acceptors (Lipinski definition) is 3. The molecule has 2 aromatic carbocycles. The molecular weight excluding hydrogens is 233 g/mol. The van der Waals surface area contributed by atoms with Crippen LogP contribution in [0.2, 0.25) is 0 Å². The van der Waals surface area contributed by atoms with Gasteiger partial charge in [0.2, 0.25) is 0 Å². The largest absolute Gasteiger partial charge is 0.497 e. The molecule has 0 amide bonds. The van der Waals surface area contributed by atoms with Crippen LogP contribution < -0.4 is 15.2 Å². The zero-order valence-corrected chi connectivity index (χ0v) is 10.2. The van der Waals surface area contributed by atoms with Crippen LogP contribution in [0.15, 0.2) is 36.4 Å². The van der Waals surface area contributed by atoms with Gasteiger partial charge in [0.25, 0.3) is 0 Å². The summed E-state index contributed by atoms with van der Waals surface area (Å²) in [5.74, 6) is 0.851. The number of methoxy groups -OCH3 is 2. The van der Waals surface area contributed by atoms with E-state index in [2.05, 4.69) is 0 Å². The predicted molar refractivity (Wildman–Crippen MR) is 69.4 cm³/mol. The van der Waals surface area contributed by atoms with Gasteiger partial charge in [-0.1, -0.05) is 0 Å². The molecule has 2 rings (SSSR count). The average molecular weight is 247 g/mol. The topological polar surface area (TPSA) is 44.5 Å². The molecule has 0 bridgehead atoms. The van der Waals surface area contributed by atoms with Crippen molar-refractivity contribution in [3.8, 4) is 22.6 Å². The van der Waals surface area contributed by atoms with E-state index >= 15 is 0 Å². The van der Waals surface area contributed by atoms with Crippen LogP contribution in [0.1, 0.15) is 0 Å². The van der Waals surface area contributed by atoms with Crippen LogP contribution >= 0.6 is 0 Å². The molecular formula is C14H14FNO2. The Bertz CT molecular complexity index is 570. The molecule has 0 aliphatic heterocycles. The molecule has 0 saturated carbocycles. The summed E-state index contributed by atoms with van der Waals surface area (Å²) >= 11 is 0. The summed E-state index contributed by atoms with van der Waals surface area (Å²) in [7, 11) is 3.09. The van der Waals surface area contributed by atoms with Crippen LogP contribution in [-0.4, -0.2) is 14.2 Å². The van der Waals surface area contributed by atoms with E-state index in [9.17, 15) is 4.39 Å². The van der Waals surface area contributed by atoms with Gasteiger partial charge in [0.15, 0.2) is 0 Å². The Labute approximate surface area is 105 Å². The molecule has 0 unspecified atom stereocenters. The molecule has 18 heavy (non-hydrogen) atoms. The summed E-state index contributed by atoms with van der Waals surface area (Å²) < 4.78 is 24.2. The number of nitrogens with two attached hydrogens (primary N) is 1. The summed E-state index contributed by atoms with van der Waals surface area (Å²) in [5, 5.41) is 0. The number of ether oxygens (including phenoxy) is 2. The minimum Gasteiger partial charge on any atom is -0.497 e. The lowest BCUT2D eigenvalue weighted by Crippen LogP contribution is -1.94. The van der Waals surface area contributed by atoms with Gasteiger partial charge in [-0.3, -0.25) is 0 Å². The Kier molecular flexibility index (Phi) is 3.37. The number of rotatable bonds is 3. The van der Waals surface area contributed by atoms with E-state index in [1.54, 1.807) is 31.4 Å². The molecule has 0 saturated heterocycles. The average Bonchev–Trinajstić information content (AvgIpc) is 2.40. The SMILES string of the molecule is COc1ccc(OC)c(-c2cc(N)ccc2F)c1. The Balaban J connectivity index is 2.64. The van der Waals surface area contributed by atoms with Gasteiger partial charge in [-0.25, -0.2) is 4.39 Å². The summed E-state index contributed by atoms with van der Waals surface area (Å²) in [6.07, 6.45) is 0. The molecule has 0 fully saturated rings. The highest BCUT2D eigenvalue weighted by molar-refractivity contribution is 5.74. The number of anilines is 1. The van der Waals surface area contributed by atoms with Crippen molar-refractivity contribution in [2.45, 2.75) is 0 Å². The molecule has 2 aromatic rings. The molecule has 0 radical (unpaired) electrons. The van der Waals surface area contributed by atoms with Crippen LogP contribution in [0.25, 0.3) is 11.1 Å². The van der Waals surface area contributed by atoms with Crippen LogP contribution in [-0.2, 0) is 0 Å². The van der Waals surface area contributed by atoms with Gasteiger partial charge in [0.1, 0.15) is 17.3 Å². The summed E-state index contributed by atoms with van der Waals surface area (Å²) in [6, 6.07) is 9.64. The molecule has 2 N–H and O–H groups in total. The van der Waals surface area contributed by atoms with Crippen molar-refractivity contribution in [3.63, 3.8) is 0 Å². The summed E-state index contributed by atoms with van der Waals surface area (Å²) in [6.45, 7) is 0.